The van der Waals surface area contributed by atoms with Crippen molar-refractivity contribution in [2.45, 2.75) is 18.9 Å². The molecule has 8 nitrogen and oxygen atoms in total. The third kappa shape index (κ3) is 4.00. The number of carbonyl (C=O) groups excluding carboxylic acids is 1. The lowest BCUT2D eigenvalue weighted by atomic mass is 10.1. The summed E-state index contributed by atoms with van der Waals surface area (Å²) >= 11 is 0. The molecule has 0 spiro atoms. The number of rotatable bonds is 4. The highest BCUT2D eigenvalue weighted by Gasteiger charge is 2.25. The zero-order valence-corrected chi connectivity index (χ0v) is 11.5. The van der Waals surface area contributed by atoms with Gasteiger partial charge < -0.3 is 4.90 Å². The molecule has 106 valence electrons. The van der Waals surface area contributed by atoms with Gasteiger partial charge in [0.25, 0.3) is 0 Å². The molecule has 1 amide bonds. The molecular weight excluding hydrogens is 270 g/mol. The van der Waals surface area contributed by atoms with Gasteiger partial charge in [-0.25, -0.2) is 22.8 Å². The number of carbonyl (C=O) groups is 1. The fraction of sp³-hybridized carbons (Fsp3) is 0.700. The summed E-state index contributed by atoms with van der Waals surface area (Å²) in [6.07, 6.45) is 5.94. The average Bonchev–Trinajstić information content (AvgIpc) is 2.89. The first-order chi connectivity index (χ1) is 8.96. The third-order valence-electron chi connectivity index (χ3n) is 3.05. The molecule has 0 aromatic carbocycles. The number of hydrogen-bond donors (Lipinski definition) is 1. The maximum atomic E-state index is 11.9. The summed E-state index contributed by atoms with van der Waals surface area (Å²) < 4.78 is 25.9. The predicted molar refractivity (Wildman–Crippen MR) is 67.7 cm³/mol. The van der Waals surface area contributed by atoms with Crippen LogP contribution in [-0.2, 0) is 14.8 Å². The summed E-state index contributed by atoms with van der Waals surface area (Å²) in [6.45, 7) is 0.992. The van der Waals surface area contributed by atoms with Crippen LogP contribution in [0.1, 0.15) is 18.9 Å². The fourth-order valence-corrected chi connectivity index (χ4v) is 2.49. The first-order valence-corrected chi connectivity index (χ1v) is 7.91. The van der Waals surface area contributed by atoms with Crippen molar-refractivity contribution in [3.05, 3.63) is 12.7 Å². The number of likely N-dealkylation sites (tertiary alicyclic amines) is 1. The second-order valence-corrected chi connectivity index (χ2v) is 6.44. The van der Waals surface area contributed by atoms with Gasteiger partial charge >= 0.3 is 0 Å². The zero-order valence-electron chi connectivity index (χ0n) is 10.7. The maximum absolute atomic E-state index is 11.9. The molecule has 1 aliphatic rings. The van der Waals surface area contributed by atoms with Crippen LogP contribution in [0.15, 0.2) is 12.7 Å². The first-order valence-electron chi connectivity index (χ1n) is 6.02. The molecule has 0 saturated carbocycles. The van der Waals surface area contributed by atoms with Crippen LogP contribution in [0.4, 0.5) is 0 Å². The number of nitrogens with zero attached hydrogens (tertiary/aromatic N) is 4. The van der Waals surface area contributed by atoms with E-state index in [1.54, 1.807) is 15.9 Å². The quantitative estimate of drug-likeness (QED) is 0.765. The van der Waals surface area contributed by atoms with Crippen molar-refractivity contribution in [2.75, 3.05) is 25.9 Å². The number of piperidine rings is 1. The van der Waals surface area contributed by atoms with Gasteiger partial charge in [0.2, 0.25) is 15.9 Å². The van der Waals surface area contributed by atoms with Crippen molar-refractivity contribution >= 4 is 15.9 Å². The molecule has 1 atom stereocenters. The van der Waals surface area contributed by atoms with Crippen molar-refractivity contribution in [3.63, 3.8) is 0 Å². The van der Waals surface area contributed by atoms with E-state index in [1.807, 2.05) is 0 Å². The Balaban J connectivity index is 1.92. The molecule has 9 heteroatoms. The van der Waals surface area contributed by atoms with Crippen molar-refractivity contribution in [3.8, 4) is 0 Å². The molecule has 0 unspecified atom stereocenters. The Bertz CT molecular complexity index is 527. The Kier molecular flexibility index (Phi) is 4.15. The van der Waals surface area contributed by atoms with E-state index in [-0.39, 0.29) is 18.5 Å². The summed E-state index contributed by atoms with van der Waals surface area (Å²) in [5.41, 5.74) is 0. The molecule has 1 saturated heterocycles. The van der Waals surface area contributed by atoms with E-state index in [9.17, 15) is 13.2 Å². The second kappa shape index (κ2) is 5.66. The largest absolute Gasteiger partial charge is 0.339 e. The van der Waals surface area contributed by atoms with Crippen LogP contribution in [0.2, 0.25) is 0 Å². The van der Waals surface area contributed by atoms with Gasteiger partial charge in [0, 0.05) is 13.1 Å². The lowest BCUT2D eigenvalue weighted by Gasteiger charge is -2.32. The van der Waals surface area contributed by atoms with Crippen LogP contribution < -0.4 is 4.72 Å². The number of sulfonamides is 1. The molecule has 1 N–H and O–H groups in total. The Morgan fingerprint density at radius 1 is 1.53 bits per heavy atom. The van der Waals surface area contributed by atoms with E-state index in [4.69, 9.17) is 0 Å². The van der Waals surface area contributed by atoms with Gasteiger partial charge in [-0.15, -0.1) is 0 Å². The molecular formula is C10H17N5O3S. The number of aromatic nitrogens is 3. The van der Waals surface area contributed by atoms with Crippen molar-refractivity contribution in [1.29, 1.82) is 0 Å². The summed E-state index contributed by atoms with van der Waals surface area (Å²) in [4.78, 5) is 17.5. The van der Waals surface area contributed by atoms with Gasteiger partial charge in [-0.1, -0.05) is 0 Å². The van der Waals surface area contributed by atoms with Gasteiger partial charge in [-0.3, -0.25) is 4.79 Å². The lowest BCUT2D eigenvalue weighted by Crippen LogP contribution is -2.45. The summed E-state index contributed by atoms with van der Waals surface area (Å²) in [5.74, 6) is -0.213. The van der Waals surface area contributed by atoms with Gasteiger partial charge in [-0.05, 0) is 12.8 Å². The standard InChI is InChI=1S/C10H17N5O3S/c1-19(17,18)13-5-10(16)14-4-2-3-9(6-14)15-8-11-7-12-15/h7-9,13H,2-6H2,1H3/t9-/m0/s1. The smallest absolute Gasteiger partial charge is 0.237 e. The molecule has 2 rings (SSSR count). The van der Waals surface area contributed by atoms with Crippen molar-refractivity contribution < 1.29 is 13.2 Å². The summed E-state index contributed by atoms with van der Waals surface area (Å²) in [7, 11) is -3.34. The monoisotopic (exact) mass is 287 g/mol. The number of hydrogen-bond acceptors (Lipinski definition) is 5. The normalized spacial score (nSPS) is 20.5. The highest BCUT2D eigenvalue weighted by atomic mass is 32.2. The zero-order chi connectivity index (χ0) is 13.9. The van der Waals surface area contributed by atoms with E-state index in [1.165, 1.54) is 6.33 Å². The maximum Gasteiger partial charge on any atom is 0.237 e. The van der Waals surface area contributed by atoms with E-state index in [0.717, 1.165) is 19.1 Å². The highest BCUT2D eigenvalue weighted by Crippen LogP contribution is 2.19. The van der Waals surface area contributed by atoms with Gasteiger partial charge in [0.1, 0.15) is 12.7 Å². The molecule has 2 heterocycles. The van der Waals surface area contributed by atoms with Crippen LogP contribution >= 0.6 is 0 Å². The Morgan fingerprint density at radius 2 is 2.32 bits per heavy atom. The highest BCUT2D eigenvalue weighted by molar-refractivity contribution is 7.88. The van der Waals surface area contributed by atoms with Gasteiger partial charge in [-0.2, -0.15) is 5.10 Å². The van der Waals surface area contributed by atoms with Crippen LogP contribution in [-0.4, -0.2) is 59.9 Å². The topological polar surface area (TPSA) is 97.2 Å². The SMILES string of the molecule is CS(=O)(=O)NCC(=O)N1CCC[C@H](n2cncn2)C1. The molecule has 1 aliphatic heterocycles. The minimum atomic E-state index is -3.34. The molecule has 1 aromatic heterocycles. The molecule has 0 radical (unpaired) electrons. The van der Waals surface area contributed by atoms with Crippen molar-refractivity contribution in [2.24, 2.45) is 0 Å². The van der Waals surface area contributed by atoms with Gasteiger partial charge in [0.05, 0.1) is 18.8 Å². The van der Waals surface area contributed by atoms with Crippen LogP contribution in [0.3, 0.4) is 0 Å². The molecule has 1 aromatic rings. The molecule has 0 aliphatic carbocycles. The number of nitrogens with one attached hydrogen (secondary N) is 1. The Morgan fingerprint density at radius 3 is 2.95 bits per heavy atom. The Labute approximate surface area is 111 Å². The lowest BCUT2D eigenvalue weighted by molar-refractivity contribution is -0.131. The summed E-state index contributed by atoms with van der Waals surface area (Å²) in [6, 6.07) is 0.110. The first kappa shape index (κ1) is 13.9. The minimum Gasteiger partial charge on any atom is -0.339 e. The summed E-state index contributed by atoms with van der Waals surface area (Å²) in [5, 5.41) is 4.08. The van der Waals surface area contributed by atoms with E-state index in [2.05, 4.69) is 14.8 Å². The second-order valence-electron chi connectivity index (χ2n) is 4.60. The Hall–Kier alpha value is -1.48. The van der Waals surface area contributed by atoms with E-state index in [0.29, 0.717) is 13.1 Å². The average molecular weight is 287 g/mol. The van der Waals surface area contributed by atoms with E-state index < -0.39 is 10.0 Å². The molecule has 1 fully saturated rings. The fourth-order valence-electron chi connectivity index (χ4n) is 2.11. The van der Waals surface area contributed by atoms with Crippen LogP contribution in [0.25, 0.3) is 0 Å². The van der Waals surface area contributed by atoms with Crippen LogP contribution in [0.5, 0.6) is 0 Å². The minimum absolute atomic E-state index is 0.110. The van der Waals surface area contributed by atoms with Gasteiger partial charge in [0.15, 0.2) is 0 Å². The van der Waals surface area contributed by atoms with Crippen LogP contribution in [0, 0.1) is 0 Å². The third-order valence-corrected chi connectivity index (χ3v) is 3.71. The predicted octanol–water partition coefficient (Wildman–Crippen LogP) is -1.01. The number of amides is 1. The molecule has 0 bridgehead atoms. The van der Waals surface area contributed by atoms with Crippen molar-refractivity contribution in [1.82, 2.24) is 24.4 Å². The van der Waals surface area contributed by atoms with E-state index >= 15 is 0 Å². The molecule has 19 heavy (non-hydrogen) atoms.